The first-order valence-electron chi connectivity index (χ1n) is 12.4. The van der Waals surface area contributed by atoms with E-state index in [1.54, 1.807) is 30.3 Å². The van der Waals surface area contributed by atoms with Crippen molar-refractivity contribution in [2.75, 3.05) is 12.4 Å². The Bertz CT molecular complexity index is 1570. The molecular formula is C28H27F3N4O3S. The van der Waals surface area contributed by atoms with Crippen molar-refractivity contribution in [2.24, 2.45) is 11.3 Å². The lowest BCUT2D eigenvalue weighted by Crippen LogP contribution is -2.26. The van der Waals surface area contributed by atoms with Crippen molar-refractivity contribution >= 4 is 33.9 Å². The van der Waals surface area contributed by atoms with Gasteiger partial charge in [0.1, 0.15) is 10.6 Å². The molecule has 0 radical (unpaired) electrons. The summed E-state index contributed by atoms with van der Waals surface area (Å²) in [6, 6.07) is 9.31. The van der Waals surface area contributed by atoms with Crippen molar-refractivity contribution in [3.63, 3.8) is 0 Å². The number of methoxy groups -OCH3 is 1. The smallest absolute Gasteiger partial charge is 0.433 e. The van der Waals surface area contributed by atoms with E-state index in [-0.39, 0.29) is 22.3 Å². The molecule has 0 bridgehead atoms. The van der Waals surface area contributed by atoms with E-state index in [2.05, 4.69) is 36.2 Å². The molecule has 3 heterocycles. The van der Waals surface area contributed by atoms with Gasteiger partial charge in [0.25, 0.3) is 5.91 Å². The molecule has 0 fully saturated rings. The topological polar surface area (TPSA) is 85.6 Å². The van der Waals surface area contributed by atoms with E-state index in [0.29, 0.717) is 33.0 Å². The highest BCUT2D eigenvalue weighted by Gasteiger charge is 2.37. The third-order valence-electron chi connectivity index (χ3n) is 7.18. The summed E-state index contributed by atoms with van der Waals surface area (Å²) in [5.41, 5.74) is 0.301. The number of alkyl halides is 3. The van der Waals surface area contributed by atoms with Crippen LogP contribution >= 0.6 is 11.3 Å². The van der Waals surface area contributed by atoms with E-state index >= 15 is 0 Å². The van der Waals surface area contributed by atoms with Gasteiger partial charge in [0.2, 0.25) is 0 Å². The largest absolute Gasteiger partial charge is 0.465 e. The molecule has 1 aliphatic carbocycles. The monoisotopic (exact) mass is 556 g/mol. The molecule has 0 spiro atoms. The molecule has 11 heteroatoms. The first-order valence-corrected chi connectivity index (χ1v) is 13.3. The lowest BCUT2D eigenvalue weighted by Gasteiger charge is -2.33. The quantitative estimate of drug-likeness (QED) is 0.284. The maximum atomic E-state index is 14.0. The summed E-state index contributed by atoms with van der Waals surface area (Å²) >= 11 is 1.30. The SMILES string of the molecule is COC(=O)c1c(NC(=O)c2cnn3c(C(F)(F)F)cc(-c4ccccc4)nc23)sc2c1CC[C@H](C(C)(C)C)C2. The highest BCUT2D eigenvalue weighted by Crippen LogP contribution is 2.44. The lowest BCUT2D eigenvalue weighted by molar-refractivity contribution is -0.142. The van der Waals surface area contributed by atoms with E-state index in [4.69, 9.17) is 4.74 Å². The van der Waals surface area contributed by atoms with Crippen molar-refractivity contribution in [1.82, 2.24) is 14.6 Å². The Hall–Kier alpha value is -3.73. The molecule has 204 valence electrons. The van der Waals surface area contributed by atoms with Crippen molar-refractivity contribution < 1.29 is 27.5 Å². The van der Waals surface area contributed by atoms with Crippen LogP contribution in [0.1, 0.15) is 64.0 Å². The number of anilines is 1. The van der Waals surface area contributed by atoms with Crippen LogP contribution in [0.3, 0.4) is 0 Å². The first-order chi connectivity index (χ1) is 18.4. The minimum Gasteiger partial charge on any atom is -0.465 e. The highest BCUT2D eigenvalue weighted by molar-refractivity contribution is 7.17. The Morgan fingerprint density at radius 2 is 1.87 bits per heavy atom. The van der Waals surface area contributed by atoms with Crippen LogP contribution in [-0.4, -0.2) is 33.6 Å². The second-order valence-electron chi connectivity index (χ2n) is 10.6. The molecule has 3 aromatic heterocycles. The third kappa shape index (κ3) is 5.03. The normalized spacial score (nSPS) is 15.7. The fraction of sp³-hybridized carbons (Fsp3) is 0.357. The Morgan fingerprint density at radius 3 is 2.51 bits per heavy atom. The minimum absolute atomic E-state index is 0.0556. The van der Waals surface area contributed by atoms with Gasteiger partial charge in [-0.2, -0.15) is 18.3 Å². The number of hydrogen-bond donors (Lipinski definition) is 1. The van der Waals surface area contributed by atoms with Gasteiger partial charge in [0.15, 0.2) is 11.3 Å². The van der Waals surface area contributed by atoms with E-state index in [0.717, 1.165) is 35.5 Å². The number of carbonyl (C=O) groups is 2. The number of hydrogen-bond acceptors (Lipinski definition) is 6. The van der Waals surface area contributed by atoms with E-state index < -0.39 is 23.7 Å². The standard InChI is InChI=1S/C28H27F3N4O3S/c1-27(2,3)16-10-11-17-20(12-16)39-25(22(17)26(37)38-4)34-24(36)18-14-32-35-21(28(29,30)31)13-19(33-23(18)35)15-8-6-5-7-9-15/h5-9,13-14,16H,10-12H2,1-4H3,(H,34,36)/t16-/m0/s1. The van der Waals surface area contributed by atoms with Crippen LogP contribution < -0.4 is 5.32 Å². The van der Waals surface area contributed by atoms with Gasteiger partial charge in [-0.3, -0.25) is 4.79 Å². The van der Waals surface area contributed by atoms with E-state index in [9.17, 15) is 22.8 Å². The second-order valence-corrected chi connectivity index (χ2v) is 11.7. The molecule has 1 N–H and O–H groups in total. The van der Waals surface area contributed by atoms with Crippen molar-refractivity contribution in [2.45, 2.75) is 46.2 Å². The number of nitrogens with zero attached hydrogens (tertiary/aromatic N) is 3. The Labute approximate surface area is 227 Å². The number of amides is 1. The zero-order chi connectivity index (χ0) is 28.1. The van der Waals surface area contributed by atoms with Crippen molar-refractivity contribution in [3.8, 4) is 11.3 Å². The minimum atomic E-state index is -4.74. The van der Waals surface area contributed by atoms with Gasteiger partial charge in [-0.15, -0.1) is 11.3 Å². The number of aromatic nitrogens is 3. The molecule has 1 amide bonds. The molecule has 0 unspecified atom stereocenters. The number of fused-ring (bicyclic) bond motifs is 2. The second kappa shape index (κ2) is 9.78. The number of ether oxygens (including phenoxy) is 1. The number of halogens is 3. The molecule has 4 aromatic rings. The number of nitrogens with one attached hydrogen (secondary N) is 1. The zero-order valence-corrected chi connectivity index (χ0v) is 22.7. The number of carbonyl (C=O) groups excluding carboxylic acids is 2. The first kappa shape index (κ1) is 26.9. The molecule has 1 aliphatic rings. The molecule has 1 aromatic carbocycles. The maximum absolute atomic E-state index is 14.0. The average Bonchev–Trinajstić information content (AvgIpc) is 3.47. The fourth-order valence-electron chi connectivity index (χ4n) is 4.98. The highest BCUT2D eigenvalue weighted by atomic mass is 32.1. The predicted molar refractivity (Wildman–Crippen MR) is 142 cm³/mol. The van der Waals surface area contributed by atoms with Crippen LogP contribution in [0.4, 0.5) is 18.2 Å². The van der Waals surface area contributed by atoms with Gasteiger partial charge in [0.05, 0.1) is 24.6 Å². The summed E-state index contributed by atoms with van der Waals surface area (Å²) in [6.07, 6.45) is -1.36. The zero-order valence-electron chi connectivity index (χ0n) is 21.8. The van der Waals surface area contributed by atoms with Crippen LogP contribution in [-0.2, 0) is 23.8 Å². The number of rotatable bonds is 4. The molecule has 0 saturated carbocycles. The van der Waals surface area contributed by atoms with Gasteiger partial charge >= 0.3 is 12.1 Å². The molecule has 1 atom stereocenters. The van der Waals surface area contributed by atoms with Crippen LogP contribution in [0.25, 0.3) is 16.9 Å². The van der Waals surface area contributed by atoms with Crippen LogP contribution in [0.15, 0.2) is 42.6 Å². The summed E-state index contributed by atoms with van der Waals surface area (Å²) in [5.74, 6) is -0.883. The van der Waals surface area contributed by atoms with Crippen LogP contribution in [0.5, 0.6) is 0 Å². The number of thiophene rings is 1. The fourth-order valence-corrected chi connectivity index (χ4v) is 6.29. The number of benzene rings is 1. The molecule has 0 saturated heterocycles. The Morgan fingerprint density at radius 1 is 1.15 bits per heavy atom. The molecular weight excluding hydrogens is 529 g/mol. The summed E-state index contributed by atoms with van der Waals surface area (Å²) < 4.78 is 47.5. The number of esters is 1. The molecule has 0 aliphatic heterocycles. The van der Waals surface area contributed by atoms with Crippen LogP contribution in [0.2, 0.25) is 0 Å². The van der Waals surface area contributed by atoms with Crippen LogP contribution in [0, 0.1) is 11.3 Å². The van der Waals surface area contributed by atoms with E-state index in [1.165, 1.54) is 18.4 Å². The van der Waals surface area contributed by atoms with Gasteiger partial charge in [0, 0.05) is 10.4 Å². The Balaban J connectivity index is 1.57. The lowest BCUT2D eigenvalue weighted by atomic mass is 9.72. The van der Waals surface area contributed by atoms with Gasteiger partial charge in [-0.05, 0) is 42.2 Å². The van der Waals surface area contributed by atoms with Crippen molar-refractivity contribution in [3.05, 3.63) is 69.9 Å². The molecule has 39 heavy (non-hydrogen) atoms. The van der Waals surface area contributed by atoms with Gasteiger partial charge in [-0.1, -0.05) is 51.1 Å². The third-order valence-corrected chi connectivity index (χ3v) is 8.35. The van der Waals surface area contributed by atoms with Gasteiger partial charge < -0.3 is 10.1 Å². The average molecular weight is 557 g/mol. The summed E-state index contributed by atoms with van der Waals surface area (Å²) in [6.45, 7) is 6.53. The maximum Gasteiger partial charge on any atom is 0.433 e. The van der Waals surface area contributed by atoms with E-state index in [1.807, 2.05) is 0 Å². The summed E-state index contributed by atoms with van der Waals surface area (Å²) in [4.78, 5) is 31.6. The van der Waals surface area contributed by atoms with Crippen molar-refractivity contribution in [1.29, 1.82) is 0 Å². The Kier molecular flexibility index (Phi) is 6.74. The summed E-state index contributed by atoms with van der Waals surface area (Å²) in [5, 5.41) is 6.90. The van der Waals surface area contributed by atoms with Gasteiger partial charge in [-0.25, -0.2) is 14.3 Å². The molecule has 5 rings (SSSR count). The molecule has 7 nitrogen and oxygen atoms in total. The summed E-state index contributed by atoms with van der Waals surface area (Å²) in [7, 11) is 1.28. The predicted octanol–water partition coefficient (Wildman–Crippen LogP) is 6.67.